The molecule has 1 N–H and O–H groups in total. The molecule has 102 valence electrons. The molecule has 1 fully saturated rings. The zero-order valence-electron chi connectivity index (χ0n) is 10.7. The highest BCUT2D eigenvalue weighted by molar-refractivity contribution is 6.19. The minimum absolute atomic E-state index is 0.313. The van der Waals surface area contributed by atoms with Crippen LogP contribution in [0.1, 0.15) is 11.1 Å². The molecule has 0 aromatic heterocycles. The van der Waals surface area contributed by atoms with Crippen LogP contribution in [0.25, 0.3) is 0 Å². The molecule has 1 saturated heterocycles. The summed E-state index contributed by atoms with van der Waals surface area (Å²) in [6, 6.07) is 19.3. The van der Waals surface area contributed by atoms with Crippen LogP contribution in [0, 0.1) is 0 Å². The Morgan fingerprint density at radius 1 is 1.10 bits per heavy atom. The first-order chi connectivity index (χ1) is 9.81. The maximum absolute atomic E-state index is 9.33. The van der Waals surface area contributed by atoms with Crippen molar-refractivity contribution < 1.29 is 9.94 Å². The highest BCUT2D eigenvalue weighted by Crippen LogP contribution is 2.48. The third-order valence-electron chi connectivity index (χ3n) is 3.58. The molecule has 2 aromatic rings. The van der Waals surface area contributed by atoms with Crippen molar-refractivity contribution in [1.82, 2.24) is 0 Å². The minimum Gasteiger partial charge on any atom is -0.411 e. The first-order valence-electron chi connectivity index (χ1n) is 6.38. The lowest BCUT2D eigenvalue weighted by Crippen LogP contribution is -2.21. The van der Waals surface area contributed by atoms with Crippen molar-refractivity contribution in [2.24, 2.45) is 5.16 Å². The second kappa shape index (κ2) is 5.27. The average molecular weight is 288 g/mol. The van der Waals surface area contributed by atoms with Crippen LogP contribution < -0.4 is 0 Å². The normalized spacial score (nSPS) is 25.4. The van der Waals surface area contributed by atoms with Gasteiger partial charge in [0.05, 0.1) is 5.88 Å². The largest absolute Gasteiger partial charge is 0.411 e. The van der Waals surface area contributed by atoms with Crippen LogP contribution in [0.2, 0.25) is 0 Å². The fourth-order valence-electron chi connectivity index (χ4n) is 2.44. The second-order valence-electron chi connectivity index (χ2n) is 4.74. The number of benzene rings is 2. The Morgan fingerprint density at radius 3 is 2.25 bits per heavy atom. The number of rotatable bonds is 4. The topological polar surface area (TPSA) is 45.1 Å². The van der Waals surface area contributed by atoms with Gasteiger partial charge in [0.25, 0.3) is 0 Å². The van der Waals surface area contributed by atoms with E-state index in [-0.39, 0.29) is 6.10 Å². The number of ether oxygens (including phenoxy) is 1. The zero-order chi connectivity index (χ0) is 14.0. The van der Waals surface area contributed by atoms with Gasteiger partial charge in [-0.25, -0.2) is 0 Å². The molecule has 4 heteroatoms. The monoisotopic (exact) mass is 287 g/mol. The molecule has 2 atom stereocenters. The van der Waals surface area contributed by atoms with Gasteiger partial charge in [0.2, 0.25) is 0 Å². The van der Waals surface area contributed by atoms with E-state index >= 15 is 0 Å². The van der Waals surface area contributed by atoms with E-state index in [4.69, 9.17) is 16.3 Å². The van der Waals surface area contributed by atoms with E-state index in [9.17, 15) is 5.21 Å². The van der Waals surface area contributed by atoms with Crippen molar-refractivity contribution in [1.29, 1.82) is 0 Å². The predicted molar refractivity (Wildman–Crippen MR) is 78.5 cm³/mol. The Labute approximate surface area is 122 Å². The van der Waals surface area contributed by atoms with E-state index < -0.39 is 5.60 Å². The molecule has 0 spiro atoms. The number of hydrogen-bond acceptors (Lipinski definition) is 3. The lowest BCUT2D eigenvalue weighted by atomic mass is 9.92. The SMILES string of the molecule is O/N=C(\c1ccccc1)C1OC1(CCl)c1ccccc1. The van der Waals surface area contributed by atoms with Gasteiger partial charge in [0, 0.05) is 5.56 Å². The maximum atomic E-state index is 9.33. The number of epoxide rings is 1. The van der Waals surface area contributed by atoms with Gasteiger partial charge in [-0.1, -0.05) is 65.8 Å². The molecule has 2 unspecified atom stereocenters. The molecule has 1 aliphatic heterocycles. The predicted octanol–water partition coefficient (Wildman–Crippen LogP) is 3.40. The third-order valence-corrected chi connectivity index (χ3v) is 3.98. The molecule has 0 saturated carbocycles. The third kappa shape index (κ3) is 2.09. The molecule has 3 rings (SSSR count). The van der Waals surface area contributed by atoms with Gasteiger partial charge in [-0.2, -0.15) is 0 Å². The average Bonchev–Trinajstić information content (AvgIpc) is 3.26. The van der Waals surface area contributed by atoms with Crippen LogP contribution in [0.3, 0.4) is 0 Å². The van der Waals surface area contributed by atoms with Gasteiger partial charge in [0.1, 0.15) is 17.4 Å². The fourth-order valence-corrected chi connectivity index (χ4v) is 2.80. The van der Waals surface area contributed by atoms with Gasteiger partial charge in [0.15, 0.2) is 0 Å². The lowest BCUT2D eigenvalue weighted by molar-refractivity contribution is 0.309. The molecule has 1 aliphatic rings. The summed E-state index contributed by atoms with van der Waals surface area (Å²) in [7, 11) is 0. The Hall–Kier alpha value is -1.84. The molecule has 20 heavy (non-hydrogen) atoms. The number of hydrogen-bond donors (Lipinski definition) is 1. The van der Waals surface area contributed by atoms with E-state index in [2.05, 4.69) is 5.16 Å². The highest BCUT2D eigenvalue weighted by Gasteiger charge is 2.60. The summed E-state index contributed by atoms with van der Waals surface area (Å²) in [6.45, 7) is 0. The summed E-state index contributed by atoms with van der Waals surface area (Å²) >= 11 is 6.11. The summed E-state index contributed by atoms with van der Waals surface area (Å²) in [5.41, 5.74) is 1.75. The summed E-state index contributed by atoms with van der Waals surface area (Å²) in [5, 5.41) is 12.8. The van der Waals surface area contributed by atoms with Crippen molar-refractivity contribution in [3.63, 3.8) is 0 Å². The van der Waals surface area contributed by atoms with E-state index in [1.54, 1.807) is 0 Å². The Bertz CT molecular complexity index is 615. The Kier molecular flexibility index (Phi) is 3.47. The molecule has 0 amide bonds. The summed E-state index contributed by atoms with van der Waals surface area (Å²) in [5.74, 6) is 0.313. The molecule has 0 radical (unpaired) electrons. The van der Waals surface area contributed by atoms with Crippen LogP contribution in [-0.2, 0) is 10.3 Å². The lowest BCUT2D eigenvalue weighted by Gasteiger charge is -2.10. The molecule has 1 heterocycles. The van der Waals surface area contributed by atoms with Crippen LogP contribution >= 0.6 is 11.6 Å². The van der Waals surface area contributed by atoms with Crippen molar-refractivity contribution in [3.8, 4) is 0 Å². The Morgan fingerprint density at radius 2 is 1.70 bits per heavy atom. The van der Waals surface area contributed by atoms with Gasteiger partial charge in [-0.15, -0.1) is 11.6 Å². The van der Waals surface area contributed by atoms with E-state index in [1.807, 2.05) is 60.7 Å². The van der Waals surface area contributed by atoms with E-state index in [0.29, 0.717) is 11.6 Å². The summed E-state index contributed by atoms with van der Waals surface area (Å²) < 4.78 is 5.82. The molecule has 3 nitrogen and oxygen atoms in total. The van der Waals surface area contributed by atoms with Crippen molar-refractivity contribution in [2.45, 2.75) is 11.7 Å². The zero-order valence-corrected chi connectivity index (χ0v) is 11.5. The number of halogens is 1. The van der Waals surface area contributed by atoms with Crippen LogP contribution in [0.4, 0.5) is 0 Å². The quantitative estimate of drug-likeness (QED) is 0.308. The van der Waals surface area contributed by atoms with Crippen LogP contribution in [-0.4, -0.2) is 22.9 Å². The molecular weight excluding hydrogens is 274 g/mol. The number of nitrogens with zero attached hydrogens (tertiary/aromatic N) is 1. The van der Waals surface area contributed by atoms with E-state index in [0.717, 1.165) is 11.1 Å². The van der Waals surface area contributed by atoms with Crippen LogP contribution in [0.5, 0.6) is 0 Å². The van der Waals surface area contributed by atoms with E-state index in [1.165, 1.54) is 0 Å². The van der Waals surface area contributed by atoms with Crippen molar-refractivity contribution in [2.75, 3.05) is 5.88 Å². The van der Waals surface area contributed by atoms with Crippen molar-refractivity contribution >= 4 is 17.3 Å². The van der Waals surface area contributed by atoms with Gasteiger partial charge >= 0.3 is 0 Å². The highest BCUT2D eigenvalue weighted by atomic mass is 35.5. The Balaban J connectivity index is 1.93. The van der Waals surface area contributed by atoms with Gasteiger partial charge in [-0.3, -0.25) is 0 Å². The second-order valence-corrected chi connectivity index (χ2v) is 5.01. The first kappa shape index (κ1) is 13.2. The van der Waals surface area contributed by atoms with Gasteiger partial charge in [-0.05, 0) is 5.56 Å². The first-order valence-corrected chi connectivity index (χ1v) is 6.92. The minimum atomic E-state index is -0.597. The van der Waals surface area contributed by atoms with Gasteiger partial charge < -0.3 is 9.94 Å². The standard InChI is InChI=1S/C16H14ClNO2/c17-11-16(13-9-5-2-6-10-13)15(20-16)14(18-19)12-7-3-1-4-8-12/h1-10,15,19H,11H2/b18-14+. The summed E-state index contributed by atoms with van der Waals surface area (Å²) in [4.78, 5) is 0. The maximum Gasteiger partial charge on any atom is 0.140 e. The molecule has 2 aromatic carbocycles. The molecule has 0 bridgehead atoms. The summed E-state index contributed by atoms with van der Waals surface area (Å²) in [6.07, 6.45) is -0.324. The number of alkyl halides is 1. The molecular formula is C16H14ClNO2. The number of oxime groups is 1. The smallest absolute Gasteiger partial charge is 0.140 e. The molecule has 0 aliphatic carbocycles. The van der Waals surface area contributed by atoms with Crippen LogP contribution in [0.15, 0.2) is 65.8 Å². The fraction of sp³-hybridized carbons (Fsp3) is 0.188. The van der Waals surface area contributed by atoms with Crippen molar-refractivity contribution in [3.05, 3.63) is 71.8 Å².